The van der Waals surface area contributed by atoms with Crippen molar-refractivity contribution < 1.29 is 55.0 Å². The van der Waals surface area contributed by atoms with Gasteiger partial charge < -0.3 is 29.7 Å². The molecule has 69 heavy (non-hydrogen) atoms. The molecule has 350 valence electrons. The SMILES string of the molecule is CCCCOCC[n+]1ccccc1-c1c2nc(c(-c3cccc[n+]3CCOCCCC)c3ccc([n-]3)c(-c3cccc[n+]3CCO)c3nc(c(-c4cccc[n+]4CCO)c4ccc1[n-]4)C=C3)C=C2.[Mn+3]. The van der Waals surface area contributed by atoms with Crippen LogP contribution in [0.25, 0.3) is 91.4 Å². The molecule has 0 amide bonds. The minimum Gasteiger partial charge on any atom is -0.656 e. The van der Waals surface area contributed by atoms with Gasteiger partial charge in [-0.1, -0.05) is 51.0 Å². The van der Waals surface area contributed by atoms with Crippen molar-refractivity contribution in [3.05, 3.63) is 145 Å². The van der Waals surface area contributed by atoms with E-state index >= 15 is 0 Å². The van der Waals surface area contributed by atoms with E-state index in [4.69, 9.17) is 29.4 Å². The van der Waals surface area contributed by atoms with Crippen LogP contribution in [0.1, 0.15) is 62.3 Å². The summed E-state index contributed by atoms with van der Waals surface area (Å²) in [7, 11) is 0. The van der Waals surface area contributed by atoms with Crippen LogP contribution in [0.5, 0.6) is 0 Å². The van der Waals surface area contributed by atoms with Crippen LogP contribution < -0.4 is 28.2 Å². The fraction of sp³-hybridized carbons (Fsp3) is 0.286. The molecule has 13 heteroatoms. The molecule has 0 unspecified atom stereocenters. The molecule has 9 rings (SSSR count). The van der Waals surface area contributed by atoms with E-state index in [2.05, 4.69) is 120 Å². The first-order chi connectivity index (χ1) is 33.6. The van der Waals surface area contributed by atoms with E-state index < -0.39 is 0 Å². The molecule has 0 saturated heterocycles. The monoisotopic (exact) mass is 963 g/mol. The average molecular weight is 964 g/mol. The first-order valence-electron chi connectivity index (χ1n) is 24.0. The van der Waals surface area contributed by atoms with E-state index in [0.29, 0.717) is 39.4 Å². The van der Waals surface area contributed by atoms with E-state index in [0.717, 1.165) is 129 Å². The summed E-state index contributed by atoms with van der Waals surface area (Å²) >= 11 is 0. The van der Waals surface area contributed by atoms with Crippen LogP contribution in [0, 0.1) is 0 Å². The molecule has 0 radical (unpaired) electrons. The molecule has 7 aromatic rings. The minimum atomic E-state index is -0.0378. The van der Waals surface area contributed by atoms with E-state index in [1.54, 1.807) is 0 Å². The zero-order valence-corrected chi connectivity index (χ0v) is 40.6. The Labute approximate surface area is 414 Å². The maximum atomic E-state index is 10.3. The van der Waals surface area contributed by atoms with Crippen LogP contribution in [-0.2, 0) is 52.7 Å². The summed E-state index contributed by atoms with van der Waals surface area (Å²) in [5.74, 6) is 0. The summed E-state index contributed by atoms with van der Waals surface area (Å²) in [6.07, 6.45) is 20.6. The van der Waals surface area contributed by atoms with Crippen LogP contribution in [0.4, 0.5) is 0 Å². The second-order valence-electron chi connectivity index (χ2n) is 16.9. The van der Waals surface area contributed by atoms with E-state index in [1.165, 1.54) is 0 Å². The van der Waals surface area contributed by atoms with Crippen molar-refractivity contribution in [1.82, 2.24) is 19.9 Å². The number of hydrogen-bond acceptors (Lipinski definition) is 6. The van der Waals surface area contributed by atoms with Crippen molar-refractivity contribution in [3.63, 3.8) is 0 Å². The second-order valence-corrected chi connectivity index (χ2v) is 16.9. The Morgan fingerprint density at radius 2 is 0.725 bits per heavy atom. The van der Waals surface area contributed by atoms with Gasteiger partial charge in [0.2, 0.25) is 22.8 Å². The number of nitrogens with zero attached hydrogens (tertiary/aromatic N) is 8. The third kappa shape index (κ3) is 10.9. The summed E-state index contributed by atoms with van der Waals surface area (Å²) < 4.78 is 20.8. The van der Waals surface area contributed by atoms with Gasteiger partial charge in [0.15, 0.2) is 51.0 Å². The van der Waals surface area contributed by atoms with Crippen LogP contribution in [-0.4, -0.2) is 59.8 Å². The van der Waals surface area contributed by atoms with Crippen LogP contribution in [0.3, 0.4) is 0 Å². The Bertz CT molecular complexity index is 2920. The summed E-state index contributed by atoms with van der Waals surface area (Å²) in [5, 5.41) is 20.5. The van der Waals surface area contributed by atoms with Gasteiger partial charge >= 0.3 is 17.1 Å². The summed E-state index contributed by atoms with van der Waals surface area (Å²) in [6.45, 7) is 8.91. The summed E-state index contributed by atoms with van der Waals surface area (Å²) in [4.78, 5) is 22.0. The Balaban J connectivity index is 0.00000642. The Morgan fingerprint density at radius 1 is 0.420 bits per heavy atom. The molecule has 7 aromatic heterocycles. The van der Waals surface area contributed by atoms with Crippen LogP contribution in [0.15, 0.2) is 122 Å². The Hall–Kier alpha value is -6.44. The van der Waals surface area contributed by atoms with Gasteiger partial charge in [0, 0.05) is 61.7 Å². The van der Waals surface area contributed by atoms with E-state index in [9.17, 15) is 10.2 Å². The fourth-order valence-corrected chi connectivity index (χ4v) is 8.97. The number of aromatic nitrogens is 8. The summed E-state index contributed by atoms with van der Waals surface area (Å²) in [5.41, 5.74) is 13.0. The van der Waals surface area contributed by atoms with Gasteiger partial charge in [-0.3, -0.25) is 0 Å². The standard InChI is InChI=1S/C56H60N8O4.Mn/c1-3-5-37-67-39-33-63-29-13-9-17-51(63)55-45-23-21-43(58-45)53(49-15-7-11-27-61(49)31-35-65)41-19-20-42(57-41)54(50-16-8-12-28-62(50)32-36-66)44-22-24-46(59-44)56(48-26-25-47(55)60-48)52-18-10-14-30-64(52)34-40-68-38-6-4-2;/h7-30,65-66H,3-6,31-40H2,1-2H3;/q+2;+3. The largest absolute Gasteiger partial charge is 3.00 e. The van der Waals surface area contributed by atoms with Gasteiger partial charge in [-0.2, -0.15) is 18.3 Å². The minimum absolute atomic E-state index is 0. The van der Waals surface area contributed by atoms with Gasteiger partial charge in [-0.25, -0.2) is 9.97 Å². The fourth-order valence-electron chi connectivity index (χ4n) is 8.97. The molecule has 12 nitrogen and oxygen atoms in total. The molecule has 9 heterocycles. The third-order valence-corrected chi connectivity index (χ3v) is 12.3. The summed E-state index contributed by atoms with van der Waals surface area (Å²) in [6, 6.07) is 32.8. The zero-order chi connectivity index (χ0) is 46.7. The number of hydrogen-bond donors (Lipinski definition) is 2. The number of rotatable bonds is 20. The van der Waals surface area contributed by atoms with Crippen LogP contribution in [0.2, 0.25) is 0 Å². The van der Waals surface area contributed by atoms with Crippen LogP contribution >= 0.6 is 0 Å². The van der Waals surface area contributed by atoms with Crippen molar-refractivity contribution in [1.29, 1.82) is 0 Å². The molecular formula is C56H60MnN8O4+5. The van der Waals surface area contributed by atoms with E-state index in [-0.39, 0.29) is 30.3 Å². The molecule has 2 N–H and O–H groups in total. The van der Waals surface area contributed by atoms with Crippen molar-refractivity contribution >= 4 is 46.4 Å². The number of aliphatic hydroxyl groups is 2. The topological polar surface area (TPSA) is 128 Å². The maximum absolute atomic E-state index is 10.3. The predicted octanol–water partition coefficient (Wildman–Crippen LogP) is 7.35. The molecular weight excluding hydrogens is 904 g/mol. The van der Waals surface area contributed by atoms with Gasteiger partial charge in [0.05, 0.1) is 45.0 Å². The molecule has 0 fully saturated rings. The first kappa shape index (κ1) is 49.0. The predicted molar refractivity (Wildman–Crippen MR) is 265 cm³/mol. The number of ether oxygens (including phenoxy) is 2. The van der Waals surface area contributed by atoms with Gasteiger partial charge in [0.25, 0.3) is 0 Å². The third-order valence-electron chi connectivity index (χ3n) is 12.3. The average Bonchev–Trinajstić information content (AvgIpc) is 4.22. The number of aliphatic hydroxyl groups excluding tert-OH is 2. The first-order valence-corrected chi connectivity index (χ1v) is 24.0. The van der Waals surface area contributed by atoms with Crippen molar-refractivity contribution in [2.24, 2.45) is 0 Å². The Kier molecular flexibility index (Phi) is 16.8. The smallest absolute Gasteiger partial charge is 0.656 e. The quantitative estimate of drug-likeness (QED) is 0.0462. The number of fused-ring (bicyclic) bond motifs is 8. The molecule has 2 aliphatic rings. The zero-order valence-electron chi connectivity index (χ0n) is 39.4. The van der Waals surface area contributed by atoms with Gasteiger partial charge in [-0.15, -0.1) is 22.1 Å². The molecule has 0 aliphatic carbocycles. The van der Waals surface area contributed by atoms with Gasteiger partial charge in [-0.05, 0) is 61.4 Å². The Morgan fingerprint density at radius 3 is 1.01 bits per heavy atom. The van der Waals surface area contributed by atoms with Gasteiger partial charge in [0.1, 0.15) is 26.4 Å². The molecule has 0 atom stereocenters. The second kappa shape index (κ2) is 23.7. The molecule has 8 bridgehead atoms. The molecule has 2 aliphatic heterocycles. The molecule has 0 saturated carbocycles. The number of unbranched alkanes of at least 4 members (excludes halogenated alkanes) is 2. The van der Waals surface area contributed by atoms with Crippen molar-refractivity contribution in [2.75, 3.05) is 39.6 Å². The molecule has 0 spiro atoms. The maximum Gasteiger partial charge on any atom is 3.00 e. The van der Waals surface area contributed by atoms with Crippen molar-refractivity contribution in [2.45, 2.75) is 65.7 Å². The van der Waals surface area contributed by atoms with Crippen molar-refractivity contribution in [3.8, 4) is 45.0 Å². The number of pyridine rings is 4. The molecule has 0 aromatic carbocycles. The normalized spacial score (nSPS) is 11.9. The van der Waals surface area contributed by atoms with E-state index in [1.807, 2.05) is 57.9 Å².